The van der Waals surface area contributed by atoms with Gasteiger partial charge in [0.2, 0.25) is 0 Å². The molecule has 9 heteroatoms. The molecule has 2 fully saturated rings. The van der Waals surface area contributed by atoms with Crippen LogP contribution in [-0.2, 0) is 15.7 Å². The molecule has 1 aromatic heterocycles. The van der Waals surface area contributed by atoms with Gasteiger partial charge in [0.1, 0.15) is 23.3 Å². The van der Waals surface area contributed by atoms with E-state index < -0.39 is 17.3 Å². The first-order valence-corrected chi connectivity index (χ1v) is 9.35. The molecule has 0 radical (unpaired) electrons. The predicted molar refractivity (Wildman–Crippen MR) is 96.9 cm³/mol. The Bertz CT molecular complexity index is 791. The van der Waals surface area contributed by atoms with E-state index in [4.69, 9.17) is 0 Å². The Morgan fingerprint density at radius 3 is 2.68 bits per heavy atom. The third-order valence-corrected chi connectivity index (χ3v) is 5.59. The van der Waals surface area contributed by atoms with Gasteiger partial charge in [-0.15, -0.1) is 0 Å². The predicted octanol–water partition coefficient (Wildman–Crippen LogP) is 3.35. The molecule has 0 N–H and O–H groups in total. The number of nitriles is 1. The van der Waals surface area contributed by atoms with Crippen LogP contribution in [0.5, 0.6) is 0 Å². The maximum atomic E-state index is 13.6. The van der Waals surface area contributed by atoms with Crippen molar-refractivity contribution >= 4 is 17.6 Å². The molecule has 0 saturated carbocycles. The number of pyridine rings is 1. The molecule has 2 aliphatic heterocycles. The van der Waals surface area contributed by atoms with E-state index >= 15 is 0 Å². The summed E-state index contributed by atoms with van der Waals surface area (Å²) in [6.45, 7) is 3.59. The number of alkyl halides is 3. The standard InChI is InChI=1S/C19H23F3N4O2/c1-12-5-8-26(12)18-14(10-23)15(19(20,21)22)9-16(24-18)25-7-6-13(11-25)3-4-17(27)28-2/h9,12-13H,3-8,11H2,1-2H3/t12-,13-/m0/s1. The lowest BCUT2D eigenvalue weighted by molar-refractivity contribution is -0.141. The molecule has 0 bridgehead atoms. The zero-order valence-corrected chi connectivity index (χ0v) is 15.9. The van der Waals surface area contributed by atoms with Gasteiger partial charge in [-0.1, -0.05) is 0 Å². The van der Waals surface area contributed by atoms with Crippen LogP contribution >= 0.6 is 0 Å². The Kier molecular flexibility index (Phi) is 5.68. The second-order valence-electron chi connectivity index (χ2n) is 7.38. The molecule has 3 heterocycles. The summed E-state index contributed by atoms with van der Waals surface area (Å²) >= 11 is 0. The van der Waals surface area contributed by atoms with Crippen molar-refractivity contribution in [2.24, 2.45) is 5.92 Å². The average molecular weight is 396 g/mol. The van der Waals surface area contributed by atoms with Crippen molar-refractivity contribution in [1.29, 1.82) is 5.26 Å². The number of esters is 1. The highest BCUT2D eigenvalue weighted by Gasteiger charge is 2.39. The summed E-state index contributed by atoms with van der Waals surface area (Å²) in [5.41, 5.74) is -1.35. The van der Waals surface area contributed by atoms with Crippen molar-refractivity contribution in [3.8, 4) is 6.07 Å². The van der Waals surface area contributed by atoms with Crippen LogP contribution in [0, 0.1) is 17.2 Å². The third-order valence-electron chi connectivity index (χ3n) is 5.59. The van der Waals surface area contributed by atoms with Crippen molar-refractivity contribution in [2.75, 3.05) is 36.5 Å². The average Bonchev–Trinajstić information content (AvgIpc) is 3.12. The first-order chi connectivity index (χ1) is 13.2. The topological polar surface area (TPSA) is 69.5 Å². The van der Waals surface area contributed by atoms with E-state index in [1.54, 1.807) is 11.0 Å². The van der Waals surface area contributed by atoms with Crippen molar-refractivity contribution < 1.29 is 22.7 Å². The van der Waals surface area contributed by atoms with Gasteiger partial charge >= 0.3 is 12.1 Å². The summed E-state index contributed by atoms with van der Waals surface area (Å²) in [6, 6.07) is 2.75. The summed E-state index contributed by atoms with van der Waals surface area (Å²) in [5, 5.41) is 9.39. The number of hydrogen-bond donors (Lipinski definition) is 0. The quantitative estimate of drug-likeness (QED) is 0.711. The minimum Gasteiger partial charge on any atom is -0.469 e. The number of carbonyl (C=O) groups excluding carboxylic acids is 1. The van der Waals surface area contributed by atoms with Gasteiger partial charge < -0.3 is 14.5 Å². The lowest BCUT2D eigenvalue weighted by atomic mass is 10.0. The van der Waals surface area contributed by atoms with Gasteiger partial charge in [-0.05, 0) is 38.2 Å². The molecule has 2 aliphatic rings. The SMILES string of the molecule is COC(=O)CC[C@H]1CCN(c2cc(C(F)(F)F)c(C#N)c(N3CC[C@@H]3C)n2)C1. The van der Waals surface area contributed by atoms with Crippen LogP contribution in [0.2, 0.25) is 0 Å². The monoisotopic (exact) mass is 396 g/mol. The van der Waals surface area contributed by atoms with Crippen LogP contribution in [0.25, 0.3) is 0 Å². The van der Waals surface area contributed by atoms with Crippen LogP contribution in [0.15, 0.2) is 6.07 Å². The number of nitrogens with zero attached hydrogens (tertiary/aromatic N) is 4. The second kappa shape index (κ2) is 7.86. The van der Waals surface area contributed by atoms with E-state index in [1.807, 2.05) is 11.8 Å². The molecule has 0 aliphatic carbocycles. The van der Waals surface area contributed by atoms with Crippen molar-refractivity contribution in [3.05, 3.63) is 17.2 Å². The second-order valence-corrected chi connectivity index (χ2v) is 7.38. The Hall–Kier alpha value is -2.50. The van der Waals surface area contributed by atoms with E-state index in [1.165, 1.54) is 7.11 Å². The van der Waals surface area contributed by atoms with E-state index in [-0.39, 0.29) is 29.6 Å². The Labute approximate surface area is 161 Å². The zero-order chi connectivity index (χ0) is 20.5. The fourth-order valence-electron chi connectivity index (χ4n) is 3.75. The molecular weight excluding hydrogens is 373 g/mol. The van der Waals surface area contributed by atoms with Crippen LogP contribution in [0.1, 0.15) is 43.7 Å². The third kappa shape index (κ3) is 4.01. The van der Waals surface area contributed by atoms with Gasteiger partial charge in [-0.25, -0.2) is 4.98 Å². The van der Waals surface area contributed by atoms with E-state index in [2.05, 4.69) is 9.72 Å². The van der Waals surface area contributed by atoms with Crippen molar-refractivity contribution in [2.45, 2.75) is 44.8 Å². The smallest absolute Gasteiger partial charge is 0.417 e. The molecule has 28 heavy (non-hydrogen) atoms. The van der Waals surface area contributed by atoms with Gasteiger partial charge in [0, 0.05) is 32.1 Å². The number of methoxy groups -OCH3 is 1. The normalized spacial score (nSPS) is 22.0. The number of aromatic nitrogens is 1. The lowest BCUT2D eigenvalue weighted by Crippen LogP contribution is -2.47. The van der Waals surface area contributed by atoms with Gasteiger partial charge in [0.05, 0.1) is 12.7 Å². The molecule has 2 atom stereocenters. The highest BCUT2D eigenvalue weighted by molar-refractivity contribution is 5.69. The number of rotatable bonds is 5. The largest absolute Gasteiger partial charge is 0.469 e. The van der Waals surface area contributed by atoms with Gasteiger partial charge in [-0.3, -0.25) is 4.79 Å². The molecular formula is C19H23F3N4O2. The summed E-state index contributed by atoms with van der Waals surface area (Å²) in [6.07, 6.45) is -2.08. The molecule has 3 rings (SSSR count). The maximum absolute atomic E-state index is 13.6. The maximum Gasteiger partial charge on any atom is 0.417 e. The van der Waals surface area contributed by atoms with E-state index in [9.17, 15) is 23.2 Å². The number of carbonyl (C=O) groups is 1. The minimum absolute atomic E-state index is 0.0577. The van der Waals surface area contributed by atoms with E-state index in [0.717, 1.165) is 18.9 Å². The molecule has 0 spiro atoms. The van der Waals surface area contributed by atoms with Gasteiger partial charge in [0.25, 0.3) is 0 Å². The summed E-state index contributed by atoms with van der Waals surface area (Å²) in [4.78, 5) is 19.3. The lowest BCUT2D eigenvalue weighted by Gasteiger charge is -2.40. The van der Waals surface area contributed by atoms with Crippen molar-refractivity contribution in [1.82, 2.24) is 4.98 Å². The molecule has 0 unspecified atom stereocenters. The first-order valence-electron chi connectivity index (χ1n) is 9.35. The number of anilines is 2. The van der Waals surface area contributed by atoms with Crippen molar-refractivity contribution in [3.63, 3.8) is 0 Å². The Morgan fingerprint density at radius 1 is 1.39 bits per heavy atom. The highest BCUT2D eigenvalue weighted by Crippen LogP contribution is 2.40. The Morgan fingerprint density at radius 2 is 2.14 bits per heavy atom. The molecule has 2 saturated heterocycles. The zero-order valence-electron chi connectivity index (χ0n) is 15.9. The van der Waals surface area contributed by atoms with E-state index in [0.29, 0.717) is 32.5 Å². The Balaban J connectivity index is 1.88. The molecule has 0 aromatic carbocycles. The summed E-state index contributed by atoms with van der Waals surface area (Å²) < 4.78 is 45.5. The highest BCUT2D eigenvalue weighted by atomic mass is 19.4. The van der Waals surface area contributed by atoms with Crippen LogP contribution < -0.4 is 9.80 Å². The fourth-order valence-corrected chi connectivity index (χ4v) is 3.75. The van der Waals surface area contributed by atoms with Crippen LogP contribution in [0.3, 0.4) is 0 Å². The molecule has 6 nitrogen and oxygen atoms in total. The molecule has 1 aromatic rings. The first kappa shape index (κ1) is 20.2. The number of ether oxygens (including phenoxy) is 1. The van der Waals surface area contributed by atoms with Gasteiger partial charge in [-0.2, -0.15) is 18.4 Å². The summed E-state index contributed by atoms with van der Waals surface area (Å²) in [7, 11) is 1.33. The number of hydrogen-bond acceptors (Lipinski definition) is 6. The molecule has 152 valence electrons. The van der Waals surface area contributed by atoms with Crippen LogP contribution in [0.4, 0.5) is 24.8 Å². The minimum atomic E-state index is -4.63. The fraction of sp³-hybridized carbons (Fsp3) is 0.632. The molecule has 0 amide bonds. The summed E-state index contributed by atoms with van der Waals surface area (Å²) in [5.74, 6) is 0.255. The van der Waals surface area contributed by atoms with Crippen LogP contribution in [-0.4, -0.2) is 43.7 Å². The number of halogens is 3. The van der Waals surface area contributed by atoms with Gasteiger partial charge in [0.15, 0.2) is 0 Å².